The lowest BCUT2D eigenvalue weighted by molar-refractivity contribution is 0.0947. The van der Waals surface area contributed by atoms with Crippen molar-refractivity contribution in [2.75, 3.05) is 42.6 Å². The van der Waals surface area contributed by atoms with E-state index in [4.69, 9.17) is 22.1 Å². The minimum atomic E-state index is -0.290. The maximum atomic E-state index is 13.1. The van der Waals surface area contributed by atoms with E-state index in [9.17, 15) is 4.79 Å². The minimum Gasteiger partial charge on any atom is -0.369 e. The topological polar surface area (TPSA) is 112 Å². The normalized spacial score (nSPS) is 13.6. The Balaban J connectivity index is 1.35. The average Bonchev–Trinajstić information content (AvgIpc) is 2.93. The van der Waals surface area contributed by atoms with E-state index >= 15 is 0 Å². The van der Waals surface area contributed by atoms with Gasteiger partial charge in [0.1, 0.15) is 11.1 Å². The van der Waals surface area contributed by atoms with Crippen LogP contribution in [0.2, 0.25) is 5.02 Å². The molecule has 9 nitrogen and oxygen atoms in total. The number of aromatic nitrogens is 2. The molecule has 0 saturated carbocycles. The van der Waals surface area contributed by atoms with Gasteiger partial charge in [0.15, 0.2) is 5.82 Å². The number of piperazine rings is 1. The summed E-state index contributed by atoms with van der Waals surface area (Å²) < 4.78 is 0. The highest BCUT2D eigenvalue weighted by atomic mass is 35.5. The zero-order chi connectivity index (χ0) is 27.1. The van der Waals surface area contributed by atoms with E-state index in [1.165, 1.54) is 6.20 Å². The highest BCUT2D eigenvalue weighted by Crippen LogP contribution is 2.23. The molecule has 1 N–H and O–H groups in total. The van der Waals surface area contributed by atoms with Crippen LogP contribution in [-0.4, -0.2) is 53.5 Å². The van der Waals surface area contributed by atoms with Crippen LogP contribution in [-0.2, 0) is 6.54 Å². The molecular formula is C28H29ClN8O. The summed E-state index contributed by atoms with van der Waals surface area (Å²) in [7, 11) is 0. The van der Waals surface area contributed by atoms with Crippen LogP contribution in [0.1, 0.15) is 41.2 Å². The molecule has 1 fully saturated rings. The van der Waals surface area contributed by atoms with Crippen molar-refractivity contribution in [3.05, 3.63) is 82.3 Å². The lowest BCUT2D eigenvalue weighted by atomic mass is 10.1. The summed E-state index contributed by atoms with van der Waals surface area (Å²) in [6, 6.07) is 19.3. The Morgan fingerprint density at radius 3 is 2.34 bits per heavy atom. The summed E-state index contributed by atoms with van der Waals surface area (Å²) in [5, 5.41) is 20.0. The second-order valence-corrected chi connectivity index (χ2v) is 9.95. The Morgan fingerprint density at radius 1 is 1.05 bits per heavy atom. The van der Waals surface area contributed by atoms with Crippen LogP contribution >= 0.6 is 11.6 Å². The maximum absolute atomic E-state index is 13.1. The molecule has 0 unspecified atom stereocenters. The molecule has 4 rings (SSSR count). The van der Waals surface area contributed by atoms with Crippen LogP contribution in [0, 0.1) is 28.6 Å². The largest absolute Gasteiger partial charge is 0.369 e. The molecule has 38 heavy (non-hydrogen) atoms. The number of hydrogen-bond acceptors (Lipinski definition) is 8. The van der Waals surface area contributed by atoms with E-state index in [1.54, 1.807) is 5.01 Å². The monoisotopic (exact) mass is 528 g/mol. The quantitative estimate of drug-likeness (QED) is 0.436. The second-order valence-electron chi connectivity index (χ2n) is 9.54. The van der Waals surface area contributed by atoms with Gasteiger partial charge in [-0.15, -0.1) is 0 Å². The molecule has 2 heterocycles. The van der Waals surface area contributed by atoms with Crippen LogP contribution in [0.5, 0.6) is 0 Å². The number of nitrogens with zero attached hydrogens (tertiary/aromatic N) is 7. The van der Waals surface area contributed by atoms with Gasteiger partial charge in [0.05, 0.1) is 17.8 Å². The van der Waals surface area contributed by atoms with Gasteiger partial charge in [-0.3, -0.25) is 20.1 Å². The van der Waals surface area contributed by atoms with Gasteiger partial charge in [-0.2, -0.15) is 15.5 Å². The van der Waals surface area contributed by atoms with Crippen LogP contribution in [0.4, 0.5) is 11.5 Å². The van der Waals surface area contributed by atoms with E-state index < -0.39 is 0 Å². The Hall–Kier alpha value is -4.18. The first kappa shape index (κ1) is 26.9. The molecule has 194 valence electrons. The number of carbonyl (C=O) groups excluding carboxylic acids is 1. The number of hydrazine groups is 1. The Labute approximate surface area is 227 Å². The highest BCUT2D eigenvalue weighted by molar-refractivity contribution is 6.32. The number of benzene rings is 2. The average molecular weight is 529 g/mol. The van der Waals surface area contributed by atoms with Gasteiger partial charge in [0.25, 0.3) is 5.91 Å². The summed E-state index contributed by atoms with van der Waals surface area (Å²) in [6.07, 6.45) is 1.36. The lowest BCUT2D eigenvalue weighted by Gasteiger charge is -2.36. The molecule has 1 amide bonds. The Morgan fingerprint density at radius 2 is 1.74 bits per heavy atom. The van der Waals surface area contributed by atoms with Crippen molar-refractivity contribution in [2.45, 2.75) is 20.4 Å². The van der Waals surface area contributed by atoms with Gasteiger partial charge >= 0.3 is 0 Å². The fourth-order valence-corrected chi connectivity index (χ4v) is 4.46. The third kappa shape index (κ3) is 6.77. The van der Waals surface area contributed by atoms with Gasteiger partial charge in [-0.05, 0) is 47.9 Å². The number of hydrogen-bond donors (Lipinski definition) is 1. The zero-order valence-corrected chi connectivity index (χ0v) is 22.2. The highest BCUT2D eigenvalue weighted by Gasteiger charge is 2.20. The van der Waals surface area contributed by atoms with E-state index in [-0.39, 0.29) is 28.5 Å². The van der Waals surface area contributed by atoms with Crippen molar-refractivity contribution in [3.8, 4) is 12.1 Å². The van der Waals surface area contributed by atoms with Crippen molar-refractivity contribution < 1.29 is 4.79 Å². The predicted octanol–water partition coefficient (Wildman–Crippen LogP) is 4.00. The third-order valence-corrected chi connectivity index (χ3v) is 6.49. The number of amides is 1. The second kappa shape index (κ2) is 12.4. The van der Waals surface area contributed by atoms with Crippen molar-refractivity contribution >= 4 is 29.0 Å². The molecule has 1 aromatic heterocycles. The predicted molar refractivity (Wildman–Crippen MR) is 146 cm³/mol. The van der Waals surface area contributed by atoms with E-state index in [2.05, 4.69) is 31.3 Å². The SMILES string of the molecule is CC(C)CN(NC(=O)c1ccc(CN2CCN(c3ccc(C#N)cc3)CC2)cc1)c1nc(C#N)ncc1Cl. The van der Waals surface area contributed by atoms with E-state index in [1.807, 2.05) is 68.4 Å². The molecule has 1 saturated heterocycles. The van der Waals surface area contributed by atoms with Crippen molar-refractivity contribution in [1.82, 2.24) is 20.3 Å². The van der Waals surface area contributed by atoms with Crippen molar-refractivity contribution in [1.29, 1.82) is 10.5 Å². The first-order chi connectivity index (χ1) is 18.4. The van der Waals surface area contributed by atoms with Gasteiger partial charge in [0, 0.05) is 50.5 Å². The molecule has 1 aliphatic rings. The number of halogens is 1. The maximum Gasteiger partial charge on any atom is 0.269 e. The van der Waals surface area contributed by atoms with Crippen molar-refractivity contribution in [3.63, 3.8) is 0 Å². The smallest absolute Gasteiger partial charge is 0.269 e. The first-order valence-corrected chi connectivity index (χ1v) is 12.8. The molecule has 1 aliphatic heterocycles. The number of carbonyl (C=O) groups is 1. The van der Waals surface area contributed by atoms with Crippen LogP contribution in [0.15, 0.2) is 54.7 Å². The van der Waals surface area contributed by atoms with E-state index in [0.29, 0.717) is 17.7 Å². The first-order valence-electron chi connectivity index (χ1n) is 12.4. The molecular weight excluding hydrogens is 500 g/mol. The fraction of sp³-hybridized carbons (Fsp3) is 0.321. The van der Waals surface area contributed by atoms with Gasteiger partial charge < -0.3 is 4.90 Å². The number of nitriles is 2. The minimum absolute atomic E-state index is 0.0190. The van der Waals surface area contributed by atoms with Crippen molar-refractivity contribution in [2.24, 2.45) is 5.92 Å². The van der Waals surface area contributed by atoms with Crippen LogP contribution in [0.25, 0.3) is 0 Å². The fourth-order valence-electron chi connectivity index (χ4n) is 4.27. The molecule has 0 spiro atoms. The number of rotatable bonds is 8. The summed E-state index contributed by atoms with van der Waals surface area (Å²) in [4.78, 5) is 25.8. The van der Waals surface area contributed by atoms with Gasteiger partial charge in [-0.25, -0.2) is 4.98 Å². The lowest BCUT2D eigenvalue weighted by Crippen LogP contribution is -2.46. The molecule has 3 aromatic rings. The van der Waals surface area contributed by atoms with Crippen LogP contribution < -0.4 is 15.3 Å². The number of nitrogens with one attached hydrogen (secondary N) is 1. The van der Waals surface area contributed by atoms with E-state index in [0.717, 1.165) is 44.0 Å². The molecule has 0 bridgehead atoms. The van der Waals surface area contributed by atoms with Crippen LogP contribution in [0.3, 0.4) is 0 Å². The molecule has 10 heteroatoms. The summed E-state index contributed by atoms with van der Waals surface area (Å²) >= 11 is 6.28. The standard InChI is InChI=1S/C28H29ClN8O/c1-20(2)18-37(27-25(29)17-32-26(16-31)33-27)34-28(38)23-7-3-22(4-8-23)19-35-11-13-36(14-12-35)24-9-5-21(15-30)6-10-24/h3-10,17,20H,11-14,18-19H2,1-2H3,(H,34,38). The Bertz CT molecular complexity index is 1340. The molecule has 0 aliphatic carbocycles. The Kier molecular flexibility index (Phi) is 8.75. The van der Waals surface area contributed by atoms with Gasteiger partial charge in [-0.1, -0.05) is 37.6 Å². The molecule has 2 aromatic carbocycles. The third-order valence-electron chi connectivity index (χ3n) is 6.22. The van der Waals surface area contributed by atoms with Gasteiger partial charge in [0.2, 0.25) is 5.82 Å². The molecule has 0 radical (unpaired) electrons. The summed E-state index contributed by atoms with van der Waals surface area (Å²) in [5.41, 5.74) is 6.33. The summed E-state index contributed by atoms with van der Waals surface area (Å²) in [5.74, 6) is 0.180. The number of anilines is 2. The molecule has 0 atom stereocenters. The summed E-state index contributed by atoms with van der Waals surface area (Å²) in [6.45, 7) is 8.97. The zero-order valence-electron chi connectivity index (χ0n) is 21.4.